The number of hydrogen-bond donors (Lipinski definition) is 1. The van der Waals surface area contributed by atoms with Crippen LogP contribution < -0.4 is 5.48 Å². The van der Waals surface area contributed by atoms with E-state index in [1.807, 2.05) is 20.8 Å². The second-order valence-electron chi connectivity index (χ2n) is 4.37. The largest absolute Gasteiger partial charge is 0.314 e. The fourth-order valence-corrected chi connectivity index (χ4v) is 1.32. The molecular formula is C11H15N5O2. The van der Waals surface area contributed by atoms with E-state index in [4.69, 9.17) is 4.84 Å². The van der Waals surface area contributed by atoms with Gasteiger partial charge in [0.05, 0.1) is 6.61 Å². The van der Waals surface area contributed by atoms with Crippen molar-refractivity contribution < 1.29 is 9.63 Å². The molecule has 0 unspecified atom stereocenters. The molecule has 2 rings (SSSR count). The lowest BCUT2D eigenvalue weighted by atomic mass is 10.2. The van der Waals surface area contributed by atoms with Crippen LogP contribution >= 0.6 is 0 Å². The Morgan fingerprint density at radius 2 is 2.33 bits per heavy atom. The van der Waals surface area contributed by atoms with Crippen molar-refractivity contribution in [1.29, 1.82) is 0 Å². The molecule has 0 aliphatic heterocycles. The van der Waals surface area contributed by atoms with Crippen LogP contribution in [-0.4, -0.2) is 32.1 Å². The lowest BCUT2D eigenvalue weighted by Crippen LogP contribution is -2.26. The number of rotatable bonds is 4. The molecule has 0 spiro atoms. The van der Waals surface area contributed by atoms with Gasteiger partial charge in [0.25, 0.3) is 5.78 Å². The van der Waals surface area contributed by atoms with E-state index in [0.717, 1.165) is 5.69 Å². The highest BCUT2D eigenvalue weighted by molar-refractivity contribution is 5.89. The van der Waals surface area contributed by atoms with Crippen molar-refractivity contribution in [3.8, 4) is 0 Å². The first-order valence-corrected chi connectivity index (χ1v) is 5.68. The van der Waals surface area contributed by atoms with E-state index in [1.54, 1.807) is 12.3 Å². The Morgan fingerprint density at radius 1 is 1.56 bits per heavy atom. The van der Waals surface area contributed by atoms with Crippen LogP contribution in [0.15, 0.2) is 12.3 Å². The van der Waals surface area contributed by atoms with Crippen LogP contribution in [0, 0.1) is 12.8 Å². The molecule has 2 heterocycles. The van der Waals surface area contributed by atoms with E-state index in [9.17, 15) is 4.79 Å². The minimum atomic E-state index is -0.472. The molecule has 96 valence electrons. The standard InChI is InChI=1S/C11H15N5O2/c1-7(2)6-18-15-10(17)9-13-11-12-5-4-8(3)16(11)14-9/h4-5,7H,6H2,1-3H3,(H,15,17). The summed E-state index contributed by atoms with van der Waals surface area (Å²) in [5, 5.41) is 4.06. The summed E-state index contributed by atoms with van der Waals surface area (Å²) in [4.78, 5) is 24.8. The number of hydroxylamine groups is 1. The smallest absolute Gasteiger partial charge is 0.273 e. The quantitative estimate of drug-likeness (QED) is 0.809. The topological polar surface area (TPSA) is 81.4 Å². The second-order valence-corrected chi connectivity index (χ2v) is 4.37. The molecule has 0 saturated carbocycles. The van der Waals surface area contributed by atoms with Crippen molar-refractivity contribution in [1.82, 2.24) is 25.1 Å². The molecule has 2 aromatic rings. The SMILES string of the molecule is Cc1ccnc2nc(C(=O)NOCC(C)C)nn12. The van der Waals surface area contributed by atoms with Crippen molar-refractivity contribution in [3.63, 3.8) is 0 Å². The molecule has 18 heavy (non-hydrogen) atoms. The summed E-state index contributed by atoms with van der Waals surface area (Å²) in [7, 11) is 0. The van der Waals surface area contributed by atoms with Gasteiger partial charge in [-0.3, -0.25) is 9.63 Å². The van der Waals surface area contributed by atoms with Gasteiger partial charge < -0.3 is 0 Å². The number of carbonyl (C=O) groups excluding carboxylic acids is 1. The van der Waals surface area contributed by atoms with Gasteiger partial charge in [0.1, 0.15) is 0 Å². The summed E-state index contributed by atoms with van der Waals surface area (Å²) in [6.45, 7) is 6.28. The molecule has 0 radical (unpaired) electrons. The first-order valence-electron chi connectivity index (χ1n) is 5.68. The Hall–Kier alpha value is -2.02. The van der Waals surface area contributed by atoms with E-state index in [-0.39, 0.29) is 5.82 Å². The van der Waals surface area contributed by atoms with Crippen LogP contribution in [0.3, 0.4) is 0 Å². The van der Waals surface area contributed by atoms with Gasteiger partial charge in [-0.15, -0.1) is 5.10 Å². The Labute approximate surface area is 104 Å². The average Bonchev–Trinajstić information content (AvgIpc) is 2.74. The fraction of sp³-hybridized carbons (Fsp3) is 0.455. The van der Waals surface area contributed by atoms with E-state index >= 15 is 0 Å². The summed E-state index contributed by atoms with van der Waals surface area (Å²) < 4.78 is 1.51. The van der Waals surface area contributed by atoms with E-state index in [0.29, 0.717) is 18.3 Å². The zero-order valence-corrected chi connectivity index (χ0v) is 10.5. The molecule has 0 aromatic carbocycles. The molecular weight excluding hydrogens is 234 g/mol. The number of nitrogens with zero attached hydrogens (tertiary/aromatic N) is 4. The van der Waals surface area contributed by atoms with Crippen molar-refractivity contribution in [2.45, 2.75) is 20.8 Å². The van der Waals surface area contributed by atoms with Gasteiger partial charge in [-0.1, -0.05) is 13.8 Å². The highest BCUT2D eigenvalue weighted by Crippen LogP contribution is 2.01. The summed E-state index contributed by atoms with van der Waals surface area (Å²) in [6.07, 6.45) is 1.62. The summed E-state index contributed by atoms with van der Waals surface area (Å²) >= 11 is 0. The van der Waals surface area contributed by atoms with Crippen LogP contribution in [-0.2, 0) is 4.84 Å². The normalized spacial score (nSPS) is 11.1. The molecule has 0 atom stereocenters. The van der Waals surface area contributed by atoms with E-state index in [2.05, 4.69) is 20.5 Å². The average molecular weight is 249 g/mol. The van der Waals surface area contributed by atoms with Crippen molar-refractivity contribution in [3.05, 3.63) is 23.8 Å². The number of hydrogen-bond acceptors (Lipinski definition) is 5. The van der Waals surface area contributed by atoms with Crippen LogP contribution in [0.4, 0.5) is 0 Å². The van der Waals surface area contributed by atoms with Crippen LogP contribution in [0.1, 0.15) is 30.2 Å². The third kappa shape index (κ3) is 2.62. The minimum Gasteiger partial charge on any atom is -0.273 e. The van der Waals surface area contributed by atoms with Crippen molar-refractivity contribution >= 4 is 11.7 Å². The zero-order chi connectivity index (χ0) is 13.1. The lowest BCUT2D eigenvalue weighted by Gasteiger charge is -2.05. The number of fused-ring (bicyclic) bond motifs is 1. The number of nitrogens with one attached hydrogen (secondary N) is 1. The Kier molecular flexibility index (Phi) is 3.52. The Balaban J connectivity index is 2.11. The first-order chi connectivity index (χ1) is 8.58. The van der Waals surface area contributed by atoms with Gasteiger partial charge in [0, 0.05) is 11.9 Å². The third-order valence-corrected chi connectivity index (χ3v) is 2.21. The third-order valence-electron chi connectivity index (χ3n) is 2.21. The predicted molar refractivity (Wildman–Crippen MR) is 63.8 cm³/mol. The second kappa shape index (κ2) is 5.09. The minimum absolute atomic E-state index is 0.0422. The van der Waals surface area contributed by atoms with Gasteiger partial charge in [-0.05, 0) is 18.9 Å². The van der Waals surface area contributed by atoms with Crippen LogP contribution in [0.5, 0.6) is 0 Å². The number of aryl methyl sites for hydroxylation is 1. The molecule has 0 fully saturated rings. The highest BCUT2D eigenvalue weighted by Gasteiger charge is 2.14. The monoisotopic (exact) mass is 249 g/mol. The van der Waals surface area contributed by atoms with Gasteiger partial charge in [-0.25, -0.2) is 15.0 Å². The van der Waals surface area contributed by atoms with Gasteiger partial charge in [-0.2, -0.15) is 4.98 Å². The molecule has 0 saturated heterocycles. The molecule has 2 aromatic heterocycles. The predicted octanol–water partition coefficient (Wildman–Crippen LogP) is 0.750. The maximum Gasteiger partial charge on any atom is 0.314 e. The molecule has 7 nitrogen and oxygen atoms in total. The Morgan fingerprint density at radius 3 is 3.00 bits per heavy atom. The van der Waals surface area contributed by atoms with E-state index in [1.165, 1.54) is 4.52 Å². The summed E-state index contributed by atoms with van der Waals surface area (Å²) in [5.74, 6) is 0.299. The molecule has 0 aliphatic carbocycles. The molecule has 7 heteroatoms. The van der Waals surface area contributed by atoms with Crippen LogP contribution in [0.2, 0.25) is 0 Å². The maximum absolute atomic E-state index is 11.7. The van der Waals surface area contributed by atoms with Crippen molar-refractivity contribution in [2.24, 2.45) is 5.92 Å². The first kappa shape index (κ1) is 12.4. The van der Waals surface area contributed by atoms with Gasteiger partial charge in [0.2, 0.25) is 5.82 Å². The van der Waals surface area contributed by atoms with E-state index < -0.39 is 5.91 Å². The number of carbonyl (C=O) groups is 1. The zero-order valence-electron chi connectivity index (χ0n) is 10.5. The molecule has 0 bridgehead atoms. The summed E-state index contributed by atoms with van der Waals surface area (Å²) in [6, 6.07) is 1.79. The Bertz CT molecular complexity index is 564. The lowest BCUT2D eigenvalue weighted by molar-refractivity contribution is 0.0201. The highest BCUT2D eigenvalue weighted by atomic mass is 16.7. The number of amides is 1. The summed E-state index contributed by atoms with van der Waals surface area (Å²) in [5.41, 5.74) is 3.16. The van der Waals surface area contributed by atoms with Crippen molar-refractivity contribution in [2.75, 3.05) is 6.61 Å². The van der Waals surface area contributed by atoms with Crippen LogP contribution in [0.25, 0.3) is 5.78 Å². The molecule has 1 amide bonds. The number of aromatic nitrogens is 4. The van der Waals surface area contributed by atoms with Gasteiger partial charge in [0.15, 0.2) is 0 Å². The molecule has 0 aliphatic rings. The fourth-order valence-electron chi connectivity index (χ4n) is 1.32. The molecule has 1 N–H and O–H groups in total. The maximum atomic E-state index is 11.7. The van der Waals surface area contributed by atoms with Gasteiger partial charge >= 0.3 is 5.91 Å².